The third-order valence-corrected chi connectivity index (χ3v) is 6.26. The van der Waals surface area contributed by atoms with Crippen LogP contribution < -0.4 is 0 Å². The summed E-state index contributed by atoms with van der Waals surface area (Å²) < 4.78 is 6.42. The molecule has 4 aliphatic rings. The van der Waals surface area contributed by atoms with E-state index in [0.717, 1.165) is 25.7 Å². The number of hydrogen-bond donors (Lipinski definition) is 1. The second-order valence-electron chi connectivity index (χ2n) is 7.72. The normalized spacial score (nSPS) is 41.9. The van der Waals surface area contributed by atoms with Crippen LogP contribution in [0.15, 0.2) is 11.6 Å². The number of ketones is 1. The Morgan fingerprint density at radius 2 is 1.69 bits per heavy atom. The van der Waals surface area contributed by atoms with E-state index in [1.165, 1.54) is 5.57 Å². The summed E-state index contributed by atoms with van der Waals surface area (Å²) in [5.41, 5.74) is 0.908. The maximum absolute atomic E-state index is 11.6. The SMILES string of the molecule is CC.CC.CC(S)C1=CC2OC3(CC4CC(=O)CC4C3)OOC2(C)CC1. The number of hydrogen-bond acceptors (Lipinski definition) is 5. The Bertz CT molecular complexity index is 514. The zero-order chi connectivity index (χ0) is 19.5. The molecule has 0 amide bonds. The van der Waals surface area contributed by atoms with Crippen molar-refractivity contribution >= 4 is 18.4 Å². The Kier molecular flexibility index (Phi) is 7.39. The van der Waals surface area contributed by atoms with E-state index >= 15 is 0 Å². The van der Waals surface area contributed by atoms with Crippen molar-refractivity contribution in [3.8, 4) is 0 Å². The van der Waals surface area contributed by atoms with Gasteiger partial charge in [0.15, 0.2) is 0 Å². The summed E-state index contributed by atoms with van der Waals surface area (Å²) in [5, 5.41) is 0.243. The third kappa shape index (κ3) is 4.21. The summed E-state index contributed by atoms with van der Waals surface area (Å²) >= 11 is 4.56. The fourth-order valence-corrected chi connectivity index (χ4v) is 4.75. The number of ether oxygens (including phenoxy) is 1. The molecule has 26 heavy (non-hydrogen) atoms. The van der Waals surface area contributed by atoms with Crippen molar-refractivity contribution in [2.24, 2.45) is 11.8 Å². The molecule has 1 spiro atoms. The van der Waals surface area contributed by atoms with Crippen LogP contribution in [0, 0.1) is 11.8 Å². The van der Waals surface area contributed by atoms with E-state index in [-0.39, 0.29) is 11.4 Å². The zero-order valence-corrected chi connectivity index (χ0v) is 18.1. The predicted molar refractivity (Wildman–Crippen MR) is 107 cm³/mol. The van der Waals surface area contributed by atoms with Gasteiger partial charge in [0.1, 0.15) is 17.5 Å². The molecule has 1 saturated heterocycles. The van der Waals surface area contributed by atoms with Crippen LogP contribution in [0.4, 0.5) is 0 Å². The van der Waals surface area contributed by atoms with E-state index in [1.54, 1.807) is 0 Å². The Morgan fingerprint density at radius 3 is 2.23 bits per heavy atom. The van der Waals surface area contributed by atoms with Crippen LogP contribution >= 0.6 is 12.6 Å². The molecule has 5 heteroatoms. The van der Waals surface area contributed by atoms with Crippen LogP contribution in [0.5, 0.6) is 0 Å². The van der Waals surface area contributed by atoms with E-state index in [4.69, 9.17) is 14.5 Å². The van der Waals surface area contributed by atoms with Gasteiger partial charge in [-0.05, 0) is 38.5 Å². The topological polar surface area (TPSA) is 44.8 Å². The van der Waals surface area contributed by atoms with Crippen LogP contribution in [0.3, 0.4) is 0 Å². The summed E-state index contributed by atoms with van der Waals surface area (Å²) in [5.74, 6) is 0.529. The third-order valence-electron chi connectivity index (χ3n) is 5.93. The van der Waals surface area contributed by atoms with Crippen molar-refractivity contribution in [2.75, 3.05) is 0 Å². The Labute approximate surface area is 164 Å². The number of thiol groups is 1. The number of carbonyl (C=O) groups is 1. The summed E-state index contributed by atoms with van der Waals surface area (Å²) in [4.78, 5) is 23.2. The molecule has 150 valence electrons. The number of fused-ring (bicyclic) bond motifs is 2. The van der Waals surface area contributed by atoms with Gasteiger partial charge in [0.2, 0.25) is 5.79 Å². The quantitative estimate of drug-likeness (QED) is 0.380. The highest BCUT2D eigenvalue weighted by molar-refractivity contribution is 7.81. The molecule has 0 bridgehead atoms. The van der Waals surface area contributed by atoms with Crippen LogP contribution in [0.1, 0.15) is 80.1 Å². The van der Waals surface area contributed by atoms with Gasteiger partial charge >= 0.3 is 0 Å². The molecular weight excluding hydrogens is 348 g/mol. The van der Waals surface area contributed by atoms with Crippen molar-refractivity contribution in [1.29, 1.82) is 0 Å². The van der Waals surface area contributed by atoms with Crippen LogP contribution in [-0.4, -0.2) is 28.5 Å². The summed E-state index contributed by atoms with van der Waals surface area (Å²) in [6, 6.07) is 0. The smallest absolute Gasteiger partial charge is 0.202 e. The second kappa shape index (κ2) is 8.76. The van der Waals surface area contributed by atoms with Crippen molar-refractivity contribution in [3.63, 3.8) is 0 Å². The van der Waals surface area contributed by atoms with E-state index in [0.29, 0.717) is 30.5 Å². The van der Waals surface area contributed by atoms with Gasteiger partial charge in [0.05, 0.1) is 0 Å². The van der Waals surface area contributed by atoms with E-state index in [9.17, 15) is 4.79 Å². The lowest BCUT2D eigenvalue weighted by Gasteiger charge is -2.48. The molecule has 3 aliphatic carbocycles. The van der Waals surface area contributed by atoms with Crippen molar-refractivity contribution in [2.45, 2.75) is 103 Å². The van der Waals surface area contributed by atoms with E-state index in [2.05, 4.69) is 32.6 Å². The van der Waals surface area contributed by atoms with Crippen molar-refractivity contribution in [1.82, 2.24) is 0 Å². The molecule has 0 aromatic carbocycles. The molecule has 5 unspecified atom stereocenters. The first-order valence-electron chi connectivity index (χ1n) is 10.3. The van der Waals surface area contributed by atoms with Gasteiger partial charge in [-0.3, -0.25) is 4.79 Å². The number of carbonyl (C=O) groups excluding carboxylic acids is 1. The first-order valence-corrected chi connectivity index (χ1v) is 10.9. The summed E-state index contributed by atoms with van der Waals surface area (Å²) in [6.45, 7) is 12.2. The molecule has 4 rings (SSSR count). The van der Waals surface area contributed by atoms with Crippen molar-refractivity contribution in [3.05, 3.63) is 11.6 Å². The highest BCUT2D eigenvalue weighted by Gasteiger charge is 2.58. The molecule has 3 fully saturated rings. The molecule has 4 nitrogen and oxygen atoms in total. The standard InChI is InChI=1S/C17H24O4S.2C2H6/c1-10(22)11-3-4-16(2)15(7-11)19-17(21-20-16)8-12-5-14(18)6-13(12)9-17;2*1-2/h7,10,12-13,15,22H,3-6,8-9H2,1-2H3;2*1-2H3. The van der Waals surface area contributed by atoms with Gasteiger partial charge in [-0.1, -0.05) is 39.3 Å². The lowest BCUT2D eigenvalue weighted by molar-refractivity contribution is -0.521. The van der Waals surface area contributed by atoms with E-state index in [1.807, 2.05) is 27.7 Å². The highest BCUT2D eigenvalue weighted by atomic mass is 32.1. The molecule has 2 saturated carbocycles. The van der Waals surface area contributed by atoms with Gasteiger partial charge in [-0.15, -0.1) is 0 Å². The average molecular weight is 385 g/mol. The first kappa shape index (κ1) is 21.9. The van der Waals surface area contributed by atoms with E-state index < -0.39 is 11.4 Å². The molecule has 5 atom stereocenters. The minimum atomic E-state index is -0.654. The van der Waals surface area contributed by atoms with Gasteiger partial charge in [0, 0.05) is 30.9 Å². The summed E-state index contributed by atoms with van der Waals surface area (Å²) in [6.07, 6.45) is 6.85. The molecular formula is C21H36O4S. The molecule has 0 aromatic rings. The minimum Gasteiger partial charge on any atom is -0.337 e. The fraction of sp³-hybridized carbons (Fsp3) is 0.857. The molecule has 1 heterocycles. The first-order chi connectivity index (χ1) is 12.4. The fourth-order valence-electron chi connectivity index (χ4n) is 4.53. The van der Waals surface area contributed by atoms with Gasteiger partial charge in [-0.25, -0.2) is 9.78 Å². The lowest BCUT2D eigenvalue weighted by atomic mass is 9.83. The number of rotatable bonds is 1. The van der Waals surface area contributed by atoms with Crippen molar-refractivity contribution < 1.29 is 19.3 Å². The summed E-state index contributed by atoms with van der Waals surface area (Å²) in [7, 11) is 0. The lowest BCUT2D eigenvalue weighted by Crippen LogP contribution is -2.56. The predicted octanol–water partition coefficient (Wildman–Crippen LogP) is 5.27. The highest BCUT2D eigenvalue weighted by Crippen LogP contribution is 2.54. The minimum absolute atomic E-state index is 0.0888. The van der Waals surface area contributed by atoms with Crippen LogP contribution in [-0.2, 0) is 19.3 Å². The maximum atomic E-state index is 11.6. The number of Topliss-reactive ketones (excluding diaryl/α,β-unsaturated/α-hetero) is 1. The average Bonchev–Trinajstić information content (AvgIpc) is 3.12. The van der Waals surface area contributed by atoms with Gasteiger partial charge in [0.25, 0.3) is 0 Å². The zero-order valence-electron chi connectivity index (χ0n) is 17.2. The molecule has 0 N–H and O–H groups in total. The Balaban J connectivity index is 0.000000570. The van der Waals surface area contributed by atoms with Gasteiger partial charge < -0.3 is 4.74 Å². The monoisotopic (exact) mass is 384 g/mol. The molecule has 1 aliphatic heterocycles. The molecule has 0 aromatic heterocycles. The van der Waals surface area contributed by atoms with Gasteiger partial charge in [-0.2, -0.15) is 12.6 Å². The Morgan fingerprint density at radius 1 is 1.12 bits per heavy atom. The van der Waals surface area contributed by atoms with Crippen LogP contribution in [0.2, 0.25) is 0 Å². The maximum Gasteiger partial charge on any atom is 0.202 e. The Hall–Kier alpha value is -0.360. The van der Waals surface area contributed by atoms with Crippen LogP contribution in [0.25, 0.3) is 0 Å². The second-order valence-corrected chi connectivity index (χ2v) is 8.50. The molecule has 0 radical (unpaired) electrons. The largest absolute Gasteiger partial charge is 0.337 e.